The standard InChI is InChI=1S/C24H24FN5O5/c1-14(31)28-19-10-16(24(34)30-8-7-26-23(33)20(30)11-21(32)35-2)9-18-22(19)29(13-27-18)12-15-3-5-17(25)6-4-15/h3-6,9-10,13,20H,7-8,11-12H2,1-2H3,(H,26,33)(H,28,31)/t20-/m0/s1. The largest absolute Gasteiger partial charge is 0.469 e. The number of imidazole rings is 1. The van der Waals surface area contributed by atoms with Gasteiger partial charge in [-0.3, -0.25) is 19.2 Å². The van der Waals surface area contributed by atoms with Crippen LogP contribution in [0.5, 0.6) is 0 Å². The number of ether oxygens (including phenoxy) is 1. The summed E-state index contributed by atoms with van der Waals surface area (Å²) in [4.78, 5) is 55.3. The SMILES string of the molecule is COC(=O)C[C@H]1C(=O)NCCN1C(=O)c1cc(NC(C)=O)c2c(c1)ncn2Cc1ccc(F)cc1. The van der Waals surface area contributed by atoms with Crippen molar-refractivity contribution in [1.82, 2.24) is 19.8 Å². The molecule has 182 valence electrons. The fourth-order valence-corrected chi connectivity index (χ4v) is 4.09. The Morgan fingerprint density at radius 1 is 1.23 bits per heavy atom. The third-order valence-electron chi connectivity index (χ3n) is 5.72. The van der Waals surface area contributed by atoms with Crippen molar-refractivity contribution in [3.63, 3.8) is 0 Å². The van der Waals surface area contributed by atoms with Crippen molar-refractivity contribution < 1.29 is 28.3 Å². The van der Waals surface area contributed by atoms with Gasteiger partial charge in [0.1, 0.15) is 11.9 Å². The normalized spacial score (nSPS) is 15.6. The van der Waals surface area contributed by atoms with Crippen LogP contribution in [0.25, 0.3) is 11.0 Å². The topological polar surface area (TPSA) is 123 Å². The van der Waals surface area contributed by atoms with Crippen LogP contribution < -0.4 is 10.6 Å². The van der Waals surface area contributed by atoms with Crippen LogP contribution in [0.2, 0.25) is 0 Å². The summed E-state index contributed by atoms with van der Waals surface area (Å²) in [7, 11) is 1.21. The number of nitrogens with zero attached hydrogens (tertiary/aromatic N) is 3. The Kier molecular flexibility index (Phi) is 6.76. The van der Waals surface area contributed by atoms with Gasteiger partial charge in [0.15, 0.2) is 0 Å². The number of hydrogen-bond acceptors (Lipinski definition) is 6. The monoisotopic (exact) mass is 481 g/mol. The van der Waals surface area contributed by atoms with Gasteiger partial charge in [-0.2, -0.15) is 0 Å². The molecule has 1 fully saturated rings. The molecule has 1 aliphatic heterocycles. The van der Waals surface area contributed by atoms with E-state index in [9.17, 15) is 23.6 Å². The summed E-state index contributed by atoms with van der Waals surface area (Å²) in [5.41, 5.74) is 2.43. The molecule has 0 saturated carbocycles. The smallest absolute Gasteiger partial charge is 0.308 e. The summed E-state index contributed by atoms with van der Waals surface area (Å²) in [6, 6.07) is 8.11. The van der Waals surface area contributed by atoms with Crippen molar-refractivity contribution in [1.29, 1.82) is 0 Å². The summed E-state index contributed by atoms with van der Waals surface area (Å²) in [5.74, 6) is -2.22. The van der Waals surface area contributed by atoms with Crippen LogP contribution in [0.1, 0.15) is 29.3 Å². The fraction of sp³-hybridized carbons (Fsp3) is 0.292. The van der Waals surface area contributed by atoms with Gasteiger partial charge in [0.2, 0.25) is 11.8 Å². The molecular formula is C24H24FN5O5. The number of hydrogen-bond donors (Lipinski definition) is 2. The van der Waals surface area contributed by atoms with Gasteiger partial charge in [-0.05, 0) is 29.8 Å². The molecule has 35 heavy (non-hydrogen) atoms. The quantitative estimate of drug-likeness (QED) is 0.517. The molecule has 0 aliphatic carbocycles. The van der Waals surface area contributed by atoms with Crippen LogP contribution in [0.4, 0.5) is 10.1 Å². The van der Waals surface area contributed by atoms with Gasteiger partial charge in [-0.1, -0.05) is 12.1 Å². The second-order valence-electron chi connectivity index (χ2n) is 8.16. The highest BCUT2D eigenvalue weighted by molar-refractivity contribution is 6.06. The summed E-state index contributed by atoms with van der Waals surface area (Å²) in [6.07, 6.45) is 1.29. The Morgan fingerprint density at radius 2 is 1.97 bits per heavy atom. The van der Waals surface area contributed by atoms with Crippen LogP contribution >= 0.6 is 0 Å². The van der Waals surface area contributed by atoms with E-state index in [0.717, 1.165) is 5.56 Å². The van der Waals surface area contributed by atoms with Gasteiger partial charge in [0.25, 0.3) is 5.91 Å². The molecule has 3 aromatic rings. The van der Waals surface area contributed by atoms with Crippen LogP contribution in [-0.2, 0) is 25.7 Å². The first-order valence-electron chi connectivity index (χ1n) is 10.9. The maximum absolute atomic E-state index is 13.4. The summed E-state index contributed by atoms with van der Waals surface area (Å²) >= 11 is 0. The van der Waals surface area contributed by atoms with Gasteiger partial charge >= 0.3 is 5.97 Å². The molecule has 3 amide bonds. The van der Waals surface area contributed by atoms with Gasteiger partial charge < -0.3 is 24.8 Å². The first-order chi connectivity index (χ1) is 16.8. The van der Waals surface area contributed by atoms with Crippen molar-refractivity contribution in [3.8, 4) is 0 Å². The number of benzene rings is 2. The number of aromatic nitrogens is 2. The summed E-state index contributed by atoms with van der Waals surface area (Å²) in [5, 5.41) is 5.40. The minimum absolute atomic E-state index is 0.206. The number of carbonyl (C=O) groups excluding carboxylic acids is 4. The number of amides is 3. The first kappa shape index (κ1) is 23.9. The zero-order valence-electron chi connectivity index (χ0n) is 19.2. The molecule has 1 saturated heterocycles. The average Bonchev–Trinajstić information content (AvgIpc) is 3.23. The summed E-state index contributed by atoms with van der Waals surface area (Å²) < 4.78 is 19.8. The minimum Gasteiger partial charge on any atom is -0.469 e. The molecule has 0 spiro atoms. The molecule has 0 radical (unpaired) electrons. The lowest BCUT2D eigenvalue weighted by molar-refractivity contribution is -0.145. The van der Waals surface area contributed by atoms with E-state index in [1.165, 1.54) is 37.1 Å². The van der Waals surface area contributed by atoms with E-state index in [0.29, 0.717) is 23.3 Å². The Labute approximate surface area is 200 Å². The molecule has 4 rings (SSSR count). The zero-order chi connectivity index (χ0) is 25.1. The van der Waals surface area contributed by atoms with E-state index in [4.69, 9.17) is 0 Å². The minimum atomic E-state index is -1.01. The van der Waals surface area contributed by atoms with Gasteiger partial charge in [-0.25, -0.2) is 9.37 Å². The van der Waals surface area contributed by atoms with Crippen LogP contribution in [0.15, 0.2) is 42.7 Å². The van der Waals surface area contributed by atoms with Crippen LogP contribution in [0, 0.1) is 5.82 Å². The Balaban J connectivity index is 1.71. The van der Waals surface area contributed by atoms with Crippen molar-refractivity contribution in [2.45, 2.75) is 25.9 Å². The molecule has 2 aromatic carbocycles. The maximum Gasteiger partial charge on any atom is 0.308 e. The maximum atomic E-state index is 13.4. The average molecular weight is 481 g/mol. The third-order valence-corrected chi connectivity index (χ3v) is 5.72. The second kappa shape index (κ2) is 9.92. The van der Waals surface area contributed by atoms with Crippen molar-refractivity contribution in [2.75, 3.05) is 25.5 Å². The van der Waals surface area contributed by atoms with Gasteiger partial charge in [-0.15, -0.1) is 0 Å². The predicted molar refractivity (Wildman–Crippen MR) is 124 cm³/mol. The van der Waals surface area contributed by atoms with E-state index in [1.54, 1.807) is 29.1 Å². The van der Waals surface area contributed by atoms with E-state index in [2.05, 4.69) is 20.4 Å². The Bertz CT molecular complexity index is 1300. The predicted octanol–water partition coefficient (Wildman–Crippen LogP) is 1.69. The number of fused-ring (bicyclic) bond motifs is 1. The molecule has 10 nitrogen and oxygen atoms in total. The molecule has 1 aromatic heterocycles. The Hall–Kier alpha value is -4.28. The van der Waals surface area contributed by atoms with E-state index >= 15 is 0 Å². The third kappa shape index (κ3) is 5.13. The van der Waals surface area contributed by atoms with E-state index in [1.807, 2.05) is 0 Å². The molecular weight excluding hydrogens is 457 g/mol. The Morgan fingerprint density at radius 3 is 2.66 bits per heavy atom. The lowest BCUT2D eigenvalue weighted by Crippen LogP contribution is -2.57. The highest BCUT2D eigenvalue weighted by Gasteiger charge is 2.35. The van der Waals surface area contributed by atoms with Gasteiger partial charge in [0, 0.05) is 32.1 Å². The van der Waals surface area contributed by atoms with Crippen molar-refractivity contribution in [3.05, 3.63) is 59.7 Å². The number of methoxy groups -OCH3 is 1. The van der Waals surface area contributed by atoms with Crippen LogP contribution in [-0.4, -0.2) is 64.4 Å². The molecule has 2 N–H and O–H groups in total. The number of carbonyl (C=O) groups is 4. The lowest BCUT2D eigenvalue weighted by Gasteiger charge is -2.34. The molecule has 0 bridgehead atoms. The van der Waals surface area contributed by atoms with E-state index in [-0.39, 0.29) is 36.8 Å². The molecule has 0 unspecified atom stereocenters. The van der Waals surface area contributed by atoms with Crippen molar-refractivity contribution >= 4 is 40.4 Å². The van der Waals surface area contributed by atoms with Crippen LogP contribution in [0.3, 0.4) is 0 Å². The number of anilines is 1. The molecule has 1 aliphatic rings. The number of esters is 1. The summed E-state index contributed by atoms with van der Waals surface area (Å²) in [6.45, 7) is 2.17. The highest BCUT2D eigenvalue weighted by Crippen LogP contribution is 2.28. The lowest BCUT2D eigenvalue weighted by atomic mass is 10.1. The highest BCUT2D eigenvalue weighted by atomic mass is 19.1. The molecule has 2 heterocycles. The number of piperazine rings is 1. The van der Waals surface area contributed by atoms with Gasteiger partial charge in [0.05, 0.1) is 36.6 Å². The van der Waals surface area contributed by atoms with E-state index < -0.39 is 23.8 Å². The second-order valence-corrected chi connectivity index (χ2v) is 8.16. The number of halogens is 1. The number of rotatable bonds is 6. The molecule has 1 atom stereocenters. The fourth-order valence-electron chi connectivity index (χ4n) is 4.09. The van der Waals surface area contributed by atoms with Crippen molar-refractivity contribution in [2.24, 2.45) is 0 Å². The molecule has 11 heteroatoms. The number of nitrogens with one attached hydrogen (secondary N) is 2. The zero-order valence-corrected chi connectivity index (χ0v) is 19.2. The first-order valence-corrected chi connectivity index (χ1v) is 10.9.